The Morgan fingerprint density at radius 2 is 1.09 bits per heavy atom. The lowest BCUT2D eigenvalue weighted by Gasteiger charge is -2.04. The number of benzene rings is 2. The largest absolute Gasteiger partial charge is 0.504 e. The van der Waals surface area contributed by atoms with Crippen LogP contribution in [0.25, 0.3) is 0 Å². The van der Waals surface area contributed by atoms with Crippen molar-refractivity contribution in [2.24, 2.45) is 0 Å². The molecular weight excluding hydrogens is 288 g/mol. The van der Waals surface area contributed by atoms with E-state index < -0.39 is 11.9 Å². The monoisotopic (exact) mass is 300 g/mol. The van der Waals surface area contributed by atoms with Crippen LogP contribution in [0.4, 0.5) is 0 Å². The minimum absolute atomic E-state index is 0.0220. The van der Waals surface area contributed by atoms with Crippen LogP contribution in [-0.2, 0) is 9.59 Å². The fourth-order valence-corrected chi connectivity index (χ4v) is 1.51. The lowest BCUT2D eigenvalue weighted by Crippen LogP contribution is -2.08. The molecule has 2 rings (SSSR count). The maximum absolute atomic E-state index is 11.5. The van der Waals surface area contributed by atoms with E-state index in [0.29, 0.717) is 0 Å². The van der Waals surface area contributed by atoms with Crippen molar-refractivity contribution in [2.75, 3.05) is 0 Å². The highest BCUT2D eigenvalue weighted by Gasteiger charge is 2.08. The van der Waals surface area contributed by atoms with Gasteiger partial charge in [-0.05, 0) is 24.3 Å². The van der Waals surface area contributed by atoms with Gasteiger partial charge in [0.25, 0.3) is 0 Å². The van der Waals surface area contributed by atoms with Crippen molar-refractivity contribution in [3.8, 4) is 23.0 Å². The molecule has 6 heteroatoms. The van der Waals surface area contributed by atoms with Crippen molar-refractivity contribution >= 4 is 11.9 Å². The first-order valence-electron chi connectivity index (χ1n) is 6.24. The number of aromatic hydroxyl groups is 2. The molecule has 0 amide bonds. The molecule has 6 nitrogen and oxygen atoms in total. The van der Waals surface area contributed by atoms with Gasteiger partial charge < -0.3 is 19.7 Å². The maximum Gasteiger partial charge on any atom is 0.336 e. The van der Waals surface area contributed by atoms with Crippen molar-refractivity contribution in [1.82, 2.24) is 0 Å². The number of hydrogen-bond donors (Lipinski definition) is 2. The van der Waals surface area contributed by atoms with Crippen LogP contribution in [0.3, 0.4) is 0 Å². The van der Waals surface area contributed by atoms with Gasteiger partial charge in [0, 0.05) is 12.2 Å². The number of carbonyl (C=O) groups excluding carboxylic acids is 2. The van der Waals surface area contributed by atoms with Crippen LogP contribution >= 0.6 is 0 Å². The molecule has 0 aliphatic carbocycles. The van der Waals surface area contributed by atoms with E-state index in [0.717, 1.165) is 12.2 Å². The summed E-state index contributed by atoms with van der Waals surface area (Å²) in [6.07, 6.45) is 1.71. The summed E-state index contributed by atoms with van der Waals surface area (Å²) in [5.74, 6) is -2.13. The third-order valence-electron chi connectivity index (χ3n) is 2.51. The summed E-state index contributed by atoms with van der Waals surface area (Å²) in [5, 5.41) is 18.9. The Labute approximate surface area is 125 Å². The number of para-hydroxylation sites is 4. The van der Waals surface area contributed by atoms with Crippen molar-refractivity contribution < 1.29 is 29.3 Å². The van der Waals surface area contributed by atoms with Crippen LogP contribution < -0.4 is 9.47 Å². The van der Waals surface area contributed by atoms with Crippen molar-refractivity contribution in [2.45, 2.75) is 0 Å². The summed E-state index contributed by atoms with van der Waals surface area (Å²) >= 11 is 0. The van der Waals surface area contributed by atoms with Gasteiger partial charge in [-0.15, -0.1) is 0 Å². The molecule has 2 aromatic rings. The predicted molar refractivity (Wildman–Crippen MR) is 76.6 cm³/mol. The predicted octanol–water partition coefficient (Wildman–Crippen LogP) is 2.17. The first-order chi connectivity index (χ1) is 10.6. The fourth-order valence-electron chi connectivity index (χ4n) is 1.51. The molecule has 0 atom stereocenters. The third kappa shape index (κ3) is 4.11. The topological polar surface area (TPSA) is 93.1 Å². The summed E-state index contributed by atoms with van der Waals surface area (Å²) in [5.41, 5.74) is 0. The Kier molecular flexibility index (Phi) is 4.77. The quantitative estimate of drug-likeness (QED) is 0.510. The molecule has 0 aliphatic rings. The van der Waals surface area contributed by atoms with Crippen LogP contribution in [-0.4, -0.2) is 22.2 Å². The molecule has 0 heterocycles. The molecular formula is C16H12O6. The van der Waals surface area contributed by atoms with Gasteiger partial charge in [0.1, 0.15) is 0 Å². The Balaban J connectivity index is 1.94. The molecule has 0 saturated carbocycles. The second-order valence-corrected chi connectivity index (χ2v) is 4.11. The Morgan fingerprint density at radius 1 is 0.727 bits per heavy atom. The Bertz CT molecular complexity index is 659. The SMILES string of the molecule is O=C(/C=C\C(=O)Oc1ccccc1O)Oc1ccccc1O. The lowest BCUT2D eigenvalue weighted by molar-refractivity contribution is -0.131. The number of phenols is 2. The molecule has 2 N–H and O–H groups in total. The van der Waals surface area contributed by atoms with Gasteiger partial charge in [0.2, 0.25) is 0 Å². The zero-order chi connectivity index (χ0) is 15.9. The highest BCUT2D eigenvalue weighted by atomic mass is 16.5. The second kappa shape index (κ2) is 6.94. The van der Waals surface area contributed by atoms with E-state index in [4.69, 9.17) is 9.47 Å². The zero-order valence-electron chi connectivity index (χ0n) is 11.3. The molecule has 0 saturated heterocycles. The smallest absolute Gasteiger partial charge is 0.336 e. The molecule has 0 radical (unpaired) electrons. The number of hydrogen-bond acceptors (Lipinski definition) is 6. The summed E-state index contributed by atoms with van der Waals surface area (Å²) in [6, 6.07) is 11.8. The van der Waals surface area contributed by atoms with Crippen LogP contribution in [0.1, 0.15) is 0 Å². The van der Waals surface area contributed by atoms with E-state index in [-0.39, 0.29) is 23.0 Å². The normalized spacial score (nSPS) is 10.4. The molecule has 0 aliphatic heterocycles. The van der Waals surface area contributed by atoms with Gasteiger partial charge >= 0.3 is 11.9 Å². The summed E-state index contributed by atoms with van der Waals surface area (Å²) in [6.45, 7) is 0. The van der Waals surface area contributed by atoms with Crippen LogP contribution in [0.15, 0.2) is 60.7 Å². The maximum atomic E-state index is 11.5. The fraction of sp³-hybridized carbons (Fsp3) is 0. The van der Waals surface area contributed by atoms with E-state index in [9.17, 15) is 19.8 Å². The summed E-state index contributed by atoms with van der Waals surface area (Å²) in [7, 11) is 0. The van der Waals surface area contributed by atoms with Crippen molar-refractivity contribution in [3.05, 3.63) is 60.7 Å². The van der Waals surface area contributed by atoms with Gasteiger partial charge in [-0.1, -0.05) is 24.3 Å². The van der Waals surface area contributed by atoms with E-state index in [1.54, 1.807) is 24.3 Å². The van der Waals surface area contributed by atoms with Crippen molar-refractivity contribution in [3.63, 3.8) is 0 Å². The molecule has 22 heavy (non-hydrogen) atoms. The number of rotatable bonds is 4. The van der Waals surface area contributed by atoms with Gasteiger partial charge in [-0.25, -0.2) is 9.59 Å². The zero-order valence-corrected chi connectivity index (χ0v) is 11.3. The molecule has 0 unspecified atom stereocenters. The molecule has 2 aromatic carbocycles. The minimum Gasteiger partial charge on any atom is -0.504 e. The number of carbonyl (C=O) groups is 2. The van der Waals surface area contributed by atoms with Gasteiger partial charge in [-0.3, -0.25) is 0 Å². The number of esters is 2. The van der Waals surface area contributed by atoms with Gasteiger partial charge in [0.05, 0.1) is 0 Å². The minimum atomic E-state index is -0.851. The lowest BCUT2D eigenvalue weighted by atomic mass is 10.3. The molecule has 0 fully saturated rings. The van der Waals surface area contributed by atoms with E-state index in [2.05, 4.69) is 0 Å². The first kappa shape index (κ1) is 15.1. The van der Waals surface area contributed by atoms with Crippen molar-refractivity contribution in [1.29, 1.82) is 0 Å². The molecule has 0 spiro atoms. The highest BCUT2D eigenvalue weighted by Crippen LogP contribution is 2.25. The molecule has 112 valence electrons. The van der Waals surface area contributed by atoms with E-state index >= 15 is 0 Å². The van der Waals surface area contributed by atoms with Gasteiger partial charge in [-0.2, -0.15) is 0 Å². The Morgan fingerprint density at radius 3 is 1.45 bits per heavy atom. The van der Waals surface area contributed by atoms with Crippen LogP contribution in [0, 0.1) is 0 Å². The molecule has 0 aromatic heterocycles. The number of phenolic OH excluding ortho intramolecular Hbond substituents is 2. The van der Waals surface area contributed by atoms with Gasteiger partial charge in [0.15, 0.2) is 23.0 Å². The van der Waals surface area contributed by atoms with E-state index in [1.165, 1.54) is 24.3 Å². The average molecular weight is 300 g/mol. The molecule has 0 bridgehead atoms. The Hall–Kier alpha value is -3.28. The van der Waals surface area contributed by atoms with E-state index in [1.807, 2.05) is 0 Å². The summed E-state index contributed by atoms with van der Waals surface area (Å²) < 4.78 is 9.67. The van der Waals surface area contributed by atoms with Crippen LogP contribution in [0.5, 0.6) is 23.0 Å². The second-order valence-electron chi connectivity index (χ2n) is 4.11. The standard InChI is InChI=1S/C16H12O6/c17-11-5-1-3-7-13(11)21-15(19)9-10-16(20)22-14-8-4-2-6-12(14)18/h1-10,17-18H/b10-9-. The number of ether oxygens (including phenoxy) is 2. The first-order valence-corrected chi connectivity index (χ1v) is 6.24. The third-order valence-corrected chi connectivity index (χ3v) is 2.51. The average Bonchev–Trinajstić information content (AvgIpc) is 2.50. The van der Waals surface area contributed by atoms with Crippen LogP contribution in [0.2, 0.25) is 0 Å². The summed E-state index contributed by atoms with van der Waals surface area (Å²) in [4.78, 5) is 23.0. The highest BCUT2D eigenvalue weighted by molar-refractivity contribution is 5.93.